The van der Waals surface area contributed by atoms with E-state index in [-0.39, 0.29) is 11.7 Å². The van der Waals surface area contributed by atoms with Crippen molar-refractivity contribution in [1.82, 2.24) is 15.2 Å². The van der Waals surface area contributed by atoms with Crippen LogP contribution < -0.4 is 0 Å². The predicted octanol–water partition coefficient (Wildman–Crippen LogP) is 0.485. The molecule has 2 N–H and O–H groups in total. The fraction of sp³-hybridized carbons (Fsp3) is 0.625. The standard InChI is InChI=1S/C8H11N3O3S/c12-6(13)4-15-8-9-7(10-11-8)5-1-2-14-3-5/h5H,1-4H2,(H,12,13)(H,9,10,11). The van der Waals surface area contributed by atoms with Gasteiger partial charge in [-0.25, -0.2) is 4.98 Å². The van der Waals surface area contributed by atoms with Crippen LogP contribution in [-0.2, 0) is 9.53 Å². The lowest BCUT2D eigenvalue weighted by Gasteiger charge is -1.99. The summed E-state index contributed by atoms with van der Waals surface area (Å²) in [5.41, 5.74) is 0. The zero-order valence-electron chi connectivity index (χ0n) is 7.97. The third kappa shape index (κ3) is 2.69. The third-order valence-corrected chi connectivity index (χ3v) is 2.96. The first-order valence-electron chi connectivity index (χ1n) is 4.60. The lowest BCUT2D eigenvalue weighted by molar-refractivity contribution is -0.133. The lowest BCUT2D eigenvalue weighted by Crippen LogP contribution is -2.00. The number of aliphatic carboxylic acids is 1. The number of hydrogen-bond acceptors (Lipinski definition) is 5. The molecule has 0 spiro atoms. The summed E-state index contributed by atoms with van der Waals surface area (Å²) in [5.74, 6) is 0.186. The predicted molar refractivity (Wildman–Crippen MR) is 52.9 cm³/mol. The van der Waals surface area contributed by atoms with Crippen molar-refractivity contribution in [3.8, 4) is 0 Å². The van der Waals surface area contributed by atoms with Crippen LogP contribution >= 0.6 is 11.8 Å². The molecule has 0 bridgehead atoms. The fourth-order valence-electron chi connectivity index (χ4n) is 1.38. The number of ether oxygens (including phenoxy) is 1. The Labute approximate surface area is 90.4 Å². The van der Waals surface area contributed by atoms with Crippen molar-refractivity contribution in [2.24, 2.45) is 0 Å². The summed E-state index contributed by atoms with van der Waals surface area (Å²) < 4.78 is 5.23. The number of carboxylic acids is 1. The van der Waals surface area contributed by atoms with Gasteiger partial charge in [-0.05, 0) is 6.42 Å². The van der Waals surface area contributed by atoms with E-state index < -0.39 is 5.97 Å². The van der Waals surface area contributed by atoms with Crippen molar-refractivity contribution >= 4 is 17.7 Å². The quantitative estimate of drug-likeness (QED) is 0.730. The number of thioether (sulfide) groups is 1. The van der Waals surface area contributed by atoms with Gasteiger partial charge in [0.15, 0.2) is 0 Å². The number of rotatable bonds is 4. The number of aromatic nitrogens is 3. The summed E-state index contributed by atoms with van der Waals surface area (Å²) >= 11 is 1.11. The number of nitrogens with zero attached hydrogens (tertiary/aromatic N) is 2. The molecule has 0 amide bonds. The molecule has 2 heterocycles. The number of aromatic amines is 1. The zero-order valence-corrected chi connectivity index (χ0v) is 8.79. The highest BCUT2D eigenvalue weighted by atomic mass is 32.2. The normalized spacial score (nSPS) is 20.7. The molecule has 15 heavy (non-hydrogen) atoms. The Kier molecular flexibility index (Phi) is 3.22. The minimum Gasteiger partial charge on any atom is -0.481 e. The molecule has 1 aromatic heterocycles. The second kappa shape index (κ2) is 4.63. The summed E-state index contributed by atoms with van der Waals surface area (Å²) in [6, 6.07) is 0. The second-order valence-corrected chi connectivity index (χ2v) is 4.19. The van der Waals surface area contributed by atoms with Crippen LogP contribution in [0.2, 0.25) is 0 Å². The minimum absolute atomic E-state index is 0.0154. The van der Waals surface area contributed by atoms with Crippen LogP contribution in [-0.4, -0.2) is 45.2 Å². The second-order valence-electron chi connectivity index (χ2n) is 3.25. The maximum Gasteiger partial charge on any atom is 0.313 e. The molecule has 1 unspecified atom stereocenters. The molecule has 6 nitrogen and oxygen atoms in total. The van der Waals surface area contributed by atoms with Gasteiger partial charge < -0.3 is 9.84 Å². The van der Waals surface area contributed by atoms with Gasteiger partial charge in [0.2, 0.25) is 5.16 Å². The summed E-state index contributed by atoms with van der Waals surface area (Å²) in [7, 11) is 0. The molecular weight excluding hydrogens is 218 g/mol. The van der Waals surface area contributed by atoms with Crippen LogP contribution in [0, 0.1) is 0 Å². The fourth-order valence-corrected chi connectivity index (χ4v) is 1.91. The van der Waals surface area contributed by atoms with E-state index in [2.05, 4.69) is 15.2 Å². The molecule has 1 atom stereocenters. The maximum absolute atomic E-state index is 10.3. The van der Waals surface area contributed by atoms with E-state index in [0.29, 0.717) is 11.8 Å². The highest BCUT2D eigenvalue weighted by molar-refractivity contribution is 7.99. The molecule has 82 valence electrons. The van der Waals surface area contributed by atoms with Gasteiger partial charge in [-0.1, -0.05) is 11.8 Å². The van der Waals surface area contributed by atoms with Crippen LogP contribution in [0.15, 0.2) is 5.16 Å². The zero-order chi connectivity index (χ0) is 10.7. The topological polar surface area (TPSA) is 88.1 Å². The van der Waals surface area contributed by atoms with E-state index in [1.54, 1.807) is 0 Å². The van der Waals surface area contributed by atoms with Crippen LogP contribution in [0.4, 0.5) is 0 Å². The van der Waals surface area contributed by atoms with Crippen molar-refractivity contribution in [3.05, 3.63) is 5.82 Å². The first-order valence-corrected chi connectivity index (χ1v) is 5.59. The molecule has 1 aliphatic rings. The maximum atomic E-state index is 10.3. The number of hydrogen-bond donors (Lipinski definition) is 2. The van der Waals surface area contributed by atoms with E-state index in [1.165, 1.54) is 0 Å². The Hall–Kier alpha value is -1.08. The van der Waals surface area contributed by atoms with Crippen LogP contribution in [0.5, 0.6) is 0 Å². The highest BCUT2D eigenvalue weighted by Gasteiger charge is 2.21. The lowest BCUT2D eigenvalue weighted by atomic mass is 10.1. The third-order valence-electron chi connectivity index (χ3n) is 2.12. The molecule has 2 rings (SSSR count). The van der Waals surface area contributed by atoms with Gasteiger partial charge in [0, 0.05) is 12.5 Å². The van der Waals surface area contributed by atoms with E-state index in [9.17, 15) is 4.79 Å². The average Bonchev–Trinajstić information content (AvgIpc) is 2.85. The van der Waals surface area contributed by atoms with Gasteiger partial charge in [0.25, 0.3) is 0 Å². The summed E-state index contributed by atoms with van der Waals surface area (Å²) in [6.07, 6.45) is 0.943. The Morgan fingerprint density at radius 2 is 2.60 bits per heavy atom. The number of carboxylic acid groups (broad SMARTS) is 1. The van der Waals surface area contributed by atoms with Crippen molar-refractivity contribution in [2.45, 2.75) is 17.5 Å². The Bertz CT molecular complexity index is 349. The monoisotopic (exact) mass is 229 g/mol. The summed E-state index contributed by atoms with van der Waals surface area (Å²) in [4.78, 5) is 14.5. The van der Waals surface area contributed by atoms with Gasteiger partial charge in [0.05, 0.1) is 12.4 Å². The molecule has 0 saturated carbocycles. The number of carbonyl (C=O) groups is 1. The summed E-state index contributed by atoms with van der Waals surface area (Å²) in [5, 5.41) is 15.7. The molecule has 1 fully saturated rings. The highest BCUT2D eigenvalue weighted by Crippen LogP contribution is 2.23. The molecule has 1 aliphatic heterocycles. The Morgan fingerprint density at radius 3 is 3.27 bits per heavy atom. The molecule has 0 aromatic carbocycles. The van der Waals surface area contributed by atoms with Gasteiger partial charge >= 0.3 is 5.97 Å². The van der Waals surface area contributed by atoms with Crippen molar-refractivity contribution < 1.29 is 14.6 Å². The van der Waals surface area contributed by atoms with Crippen molar-refractivity contribution in [3.63, 3.8) is 0 Å². The smallest absolute Gasteiger partial charge is 0.313 e. The number of nitrogens with one attached hydrogen (secondary N) is 1. The first-order chi connectivity index (χ1) is 7.25. The van der Waals surface area contributed by atoms with Crippen molar-refractivity contribution in [1.29, 1.82) is 0 Å². The van der Waals surface area contributed by atoms with Crippen LogP contribution in [0.1, 0.15) is 18.2 Å². The van der Waals surface area contributed by atoms with Crippen LogP contribution in [0.25, 0.3) is 0 Å². The van der Waals surface area contributed by atoms with Gasteiger partial charge in [-0.2, -0.15) is 0 Å². The van der Waals surface area contributed by atoms with Crippen LogP contribution in [0.3, 0.4) is 0 Å². The average molecular weight is 229 g/mol. The van der Waals surface area contributed by atoms with E-state index in [0.717, 1.165) is 30.6 Å². The van der Waals surface area contributed by atoms with Gasteiger partial charge in [0.1, 0.15) is 5.82 Å². The van der Waals surface area contributed by atoms with E-state index in [4.69, 9.17) is 9.84 Å². The largest absolute Gasteiger partial charge is 0.481 e. The van der Waals surface area contributed by atoms with E-state index >= 15 is 0 Å². The molecule has 1 saturated heterocycles. The minimum atomic E-state index is -0.865. The van der Waals surface area contributed by atoms with Gasteiger partial charge in [-0.3, -0.25) is 9.89 Å². The van der Waals surface area contributed by atoms with Gasteiger partial charge in [-0.15, -0.1) is 5.10 Å². The number of H-pyrrole nitrogens is 1. The first kappa shape index (κ1) is 10.4. The molecular formula is C8H11N3O3S. The molecule has 0 radical (unpaired) electrons. The molecule has 1 aromatic rings. The Balaban J connectivity index is 1.94. The molecule has 0 aliphatic carbocycles. The SMILES string of the molecule is O=C(O)CSc1n[nH]c(C2CCOC2)n1. The Morgan fingerprint density at radius 1 is 1.73 bits per heavy atom. The molecule has 7 heteroatoms. The van der Waals surface area contributed by atoms with E-state index in [1.807, 2.05) is 0 Å². The van der Waals surface area contributed by atoms with Crippen molar-refractivity contribution in [2.75, 3.05) is 19.0 Å². The summed E-state index contributed by atoms with van der Waals surface area (Å²) in [6.45, 7) is 1.42.